The van der Waals surface area contributed by atoms with Crippen molar-refractivity contribution in [2.45, 2.75) is 25.2 Å². The minimum Gasteiger partial charge on any atom is -0.273 e. The third kappa shape index (κ3) is 4.61. The van der Waals surface area contributed by atoms with Gasteiger partial charge in [0, 0.05) is 6.42 Å². The van der Waals surface area contributed by atoms with Crippen LogP contribution in [0.4, 0.5) is 9.52 Å². The number of halogens is 1. The molecule has 6 nitrogen and oxygen atoms in total. The number of fused-ring (bicyclic) bond motifs is 1. The molecule has 0 radical (unpaired) electrons. The van der Waals surface area contributed by atoms with Crippen LogP contribution in [0.15, 0.2) is 41.3 Å². The molecule has 1 heterocycles. The van der Waals surface area contributed by atoms with E-state index >= 15 is 0 Å². The van der Waals surface area contributed by atoms with Crippen LogP contribution in [0.1, 0.15) is 17.5 Å². The van der Waals surface area contributed by atoms with Crippen molar-refractivity contribution in [1.29, 1.82) is 0 Å². The zero-order chi connectivity index (χ0) is 19.6. The molecule has 27 heavy (non-hydrogen) atoms. The molecule has 1 amide bonds. The topological polar surface area (TPSA) is 88.2 Å². The number of hydrogen-bond acceptors (Lipinski definition) is 6. The number of rotatable bonds is 6. The van der Waals surface area contributed by atoms with Crippen LogP contribution in [-0.4, -0.2) is 25.1 Å². The van der Waals surface area contributed by atoms with E-state index in [0.717, 1.165) is 33.5 Å². The fourth-order valence-corrected chi connectivity index (χ4v) is 4.71. The molecule has 0 fully saturated rings. The lowest BCUT2D eigenvalue weighted by molar-refractivity contribution is -0.120. The fraction of sp³-hybridized carbons (Fsp3) is 0.222. The van der Waals surface area contributed by atoms with Crippen LogP contribution in [0.25, 0.3) is 10.2 Å². The SMILES string of the molecule is Cc1cc(C)c2sc(NNC(=O)CCS(=O)(=O)c3ccc(F)cc3)nc2c1. The van der Waals surface area contributed by atoms with Gasteiger partial charge in [-0.15, -0.1) is 0 Å². The summed E-state index contributed by atoms with van der Waals surface area (Å²) in [6.07, 6.45) is -0.226. The Morgan fingerprint density at radius 2 is 1.89 bits per heavy atom. The van der Waals surface area contributed by atoms with Crippen molar-refractivity contribution in [2.24, 2.45) is 0 Å². The van der Waals surface area contributed by atoms with Gasteiger partial charge in [-0.1, -0.05) is 17.4 Å². The molecular formula is C18H18FN3O3S2. The second-order valence-corrected chi connectivity index (χ2v) is 9.25. The van der Waals surface area contributed by atoms with Gasteiger partial charge in [0.05, 0.1) is 20.9 Å². The van der Waals surface area contributed by atoms with E-state index in [1.807, 2.05) is 19.9 Å². The minimum absolute atomic E-state index is 0.0123. The highest BCUT2D eigenvalue weighted by atomic mass is 32.2. The Balaban J connectivity index is 1.58. The first kappa shape index (κ1) is 19.2. The first-order chi connectivity index (χ1) is 12.7. The summed E-state index contributed by atoms with van der Waals surface area (Å²) in [4.78, 5) is 16.4. The second kappa shape index (κ2) is 7.61. The highest BCUT2D eigenvalue weighted by Gasteiger charge is 2.17. The molecule has 0 saturated heterocycles. The smallest absolute Gasteiger partial charge is 0.239 e. The van der Waals surface area contributed by atoms with Crippen molar-refractivity contribution in [1.82, 2.24) is 10.4 Å². The molecule has 0 bridgehead atoms. The Morgan fingerprint density at radius 3 is 2.59 bits per heavy atom. The van der Waals surface area contributed by atoms with E-state index in [0.29, 0.717) is 5.13 Å². The molecule has 0 aliphatic carbocycles. The summed E-state index contributed by atoms with van der Waals surface area (Å²) in [5.41, 5.74) is 8.24. The predicted octanol–water partition coefficient (Wildman–Crippen LogP) is 3.36. The first-order valence-electron chi connectivity index (χ1n) is 8.15. The van der Waals surface area contributed by atoms with Gasteiger partial charge in [0.2, 0.25) is 11.0 Å². The van der Waals surface area contributed by atoms with Crippen LogP contribution in [0, 0.1) is 19.7 Å². The van der Waals surface area contributed by atoms with Crippen LogP contribution < -0.4 is 10.9 Å². The van der Waals surface area contributed by atoms with Crippen molar-refractivity contribution in [3.05, 3.63) is 53.3 Å². The first-order valence-corrected chi connectivity index (χ1v) is 10.6. The number of benzene rings is 2. The molecule has 1 aromatic heterocycles. The molecule has 142 valence electrons. The zero-order valence-electron chi connectivity index (χ0n) is 14.7. The molecule has 3 rings (SSSR count). The van der Waals surface area contributed by atoms with Crippen LogP contribution in [0.2, 0.25) is 0 Å². The Kier molecular flexibility index (Phi) is 5.43. The number of aromatic nitrogens is 1. The summed E-state index contributed by atoms with van der Waals surface area (Å²) in [7, 11) is -3.65. The number of carbonyl (C=O) groups excluding carboxylic acids is 1. The Bertz CT molecular complexity index is 1090. The molecule has 0 unspecified atom stereocenters. The van der Waals surface area contributed by atoms with Gasteiger partial charge in [0.25, 0.3) is 0 Å². The number of aryl methyl sites for hydroxylation is 2. The summed E-state index contributed by atoms with van der Waals surface area (Å²) in [6.45, 7) is 3.98. The Hall–Kier alpha value is -2.52. The predicted molar refractivity (Wildman–Crippen MR) is 104 cm³/mol. The summed E-state index contributed by atoms with van der Waals surface area (Å²) in [5.74, 6) is -1.37. The summed E-state index contributed by atoms with van der Waals surface area (Å²) < 4.78 is 38.3. The molecule has 0 atom stereocenters. The summed E-state index contributed by atoms with van der Waals surface area (Å²) in [5, 5.41) is 0.522. The highest BCUT2D eigenvalue weighted by molar-refractivity contribution is 7.91. The highest BCUT2D eigenvalue weighted by Crippen LogP contribution is 2.29. The van der Waals surface area contributed by atoms with E-state index in [1.165, 1.54) is 23.5 Å². The quantitative estimate of drug-likeness (QED) is 0.483. The van der Waals surface area contributed by atoms with Gasteiger partial charge in [-0.25, -0.2) is 17.8 Å². The number of nitrogens with one attached hydrogen (secondary N) is 2. The molecule has 0 spiro atoms. The van der Waals surface area contributed by atoms with E-state index < -0.39 is 21.6 Å². The fourth-order valence-electron chi connectivity index (χ4n) is 2.60. The molecule has 0 aliphatic rings. The number of hydrazine groups is 1. The van der Waals surface area contributed by atoms with Gasteiger partial charge >= 0.3 is 0 Å². The van der Waals surface area contributed by atoms with Crippen molar-refractivity contribution in [3.63, 3.8) is 0 Å². The molecule has 2 aromatic carbocycles. The number of amides is 1. The van der Waals surface area contributed by atoms with Crippen LogP contribution >= 0.6 is 11.3 Å². The maximum absolute atomic E-state index is 12.9. The number of anilines is 1. The second-order valence-electron chi connectivity index (χ2n) is 6.15. The number of thiazole rings is 1. The summed E-state index contributed by atoms with van der Waals surface area (Å²) in [6, 6.07) is 8.54. The van der Waals surface area contributed by atoms with E-state index in [1.54, 1.807) is 0 Å². The normalized spacial score (nSPS) is 11.5. The Morgan fingerprint density at radius 1 is 1.19 bits per heavy atom. The number of sulfone groups is 1. The molecule has 3 aromatic rings. The van der Waals surface area contributed by atoms with Crippen LogP contribution in [0.5, 0.6) is 0 Å². The van der Waals surface area contributed by atoms with Gasteiger partial charge in [-0.3, -0.25) is 15.6 Å². The molecule has 0 aliphatic heterocycles. The van der Waals surface area contributed by atoms with Crippen molar-refractivity contribution < 1.29 is 17.6 Å². The van der Waals surface area contributed by atoms with E-state index in [2.05, 4.69) is 21.9 Å². The van der Waals surface area contributed by atoms with Crippen molar-refractivity contribution >= 4 is 42.4 Å². The van der Waals surface area contributed by atoms with E-state index in [4.69, 9.17) is 0 Å². The molecule has 2 N–H and O–H groups in total. The lowest BCUT2D eigenvalue weighted by Crippen LogP contribution is -2.30. The third-order valence-corrected chi connectivity index (χ3v) is 6.75. The van der Waals surface area contributed by atoms with Gasteiger partial charge < -0.3 is 0 Å². The Labute approximate surface area is 160 Å². The van der Waals surface area contributed by atoms with Gasteiger partial charge in [0.1, 0.15) is 5.82 Å². The standard InChI is InChI=1S/C18H18FN3O3S2/c1-11-9-12(2)17-15(10-11)20-18(26-17)22-21-16(23)7-8-27(24,25)14-5-3-13(19)4-6-14/h3-6,9-10H,7-8H2,1-2H3,(H,20,22)(H,21,23). The monoisotopic (exact) mass is 407 g/mol. The van der Waals surface area contributed by atoms with Gasteiger partial charge in [0.15, 0.2) is 9.84 Å². The van der Waals surface area contributed by atoms with E-state index in [9.17, 15) is 17.6 Å². The third-order valence-electron chi connectivity index (χ3n) is 3.90. The molecule has 0 saturated carbocycles. The average Bonchev–Trinajstić information content (AvgIpc) is 3.02. The lowest BCUT2D eigenvalue weighted by atomic mass is 10.1. The van der Waals surface area contributed by atoms with Crippen molar-refractivity contribution in [2.75, 3.05) is 11.2 Å². The number of nitrogens with zero attached hydrogens (tertiary/aromatic N) is 1. The number of hydrogen-bond donors (Lipinski definition) is 2. The largest absolute Gasteiger partial charge is 0.273 e. The summed E-state index contributed by atoms with van der Waals surface area (Å²) >= 11 is 1.41. The van der Waals surface area contributed by atoms with Crippen LogP contribution in [0.3, 0.4) is 0 Å². The molecular weight excluding hydrogens is 389 g/mol. The number of carbonyl (C=O) groups is 1. The maximum Gasteiger partial charge on any atom is 0.239 e. The van der Waals surface area contributed by atoms with Gasteiger partial charge in [-0.2, -0.15) is 0 Å². The van der Waals surface area contributed by atoms with Crippen molar-refractivity contribution in [3.8, 4) is 0 Å². The molecule has 9 heteroatoms. The van der Waals surface area contributed by atoms with Crippen LogP contribution in [-0.2, 0) is 14.6 Å². The zero-order valence-corrected chi connectivity index (χ0v) is 16.4. The minimum atomic E-state index is -3.65. The maximum atomic E-state index is 12.9. The lowest BCUT2D eigenvalue weighted by Gasteiger charge is -2.06. The van der Waals surface area contributed by atoms with Gasteiger partial charge in [-0.05, 0) is 55.3 Å². The average molecular weight is 407 g/mol. The van der Waals surface area contributed by atoms with E-state index in [-0.39, 0.29) is 17.1 Å².